The lowest BCUT2D eigenvalue weighted by Crippen LogP contribution is -2.25. The zero-order valence-corrected chi connectivity index (χ0v) is 8.87. The molecule has 6 heteroatoms. The Kier molecular flexibility index (Phi) is 3.16. The molecule has 0 aliphatic carbocycles. The van der Waals surface area contributed by atoms with Crippen molar-refractivity contribution in [3.63, 3.8) is 0 Å². The molecule has 4 nitrogen and oxygen atoms in total. The molecule has 1 heterocycles. The highest BCUT2D eigenvalue weighted by molar-refractivity contribution is 5.83. The van der Waals surface area contributed by atoms with Crippen molar-refractivity contribution in [1.29, 1.82) is 0 Å². The lowest BCUT2D eigenvalue weighted by Gasteiger charge is -2.15. The summed E-state index contributed by atoms with van der Waals surface area (Å²) >= 11 is 0. The fraction of sp³-hybridized carbons (Fsp3) is 0.667. The highest BCUT2D eigenvalue weighted by Gasteiger charge is 2.22. The zero-order valence-electron chi connectivity index (χ0n) is 8.87. The number of nitrogens with zero attached hydrogens (tertiary/aromatic N) is 3. The summed E-state index contributed by atoms with van der Waals surface area (Å²) in [4.78, 5) is 14.9. The molecule has 1 aromatic rings. The number of aromatic nitrogens is 3. The highest BCUT2D eigenvalue weighted by atomic mass is 19.3. The summed E-state index contributed by atoms with van der Waals surface area (Å²) in [6.45, 7) is 5.27. The standard InChI is InChI=1S/C9H13F2N3O/c1-9(2,3)6(15)4-14-5-12-8(13-14)7(10)11/h5,7H,4H2,1-3H3. The maximum absolute atomic E-state index is 12.1. The fourth-order valence-electron chi connectivity index (χ4n) is 0.870. The van der Waals surface area contributed by atoms with Crippen LogP contribution in [0.5, 0.6) is 0 Å². The maximum atomic E-state index is 12.1. The van der Waals surface area contributed by atoms with E-state index in [2.05, 4.69) is 10.1 Å². The molecule has 0 saturated carbocycles. The summed E-state index contributed by atoms with van der Waals surface area (Å²) in [5.74, 6) is -0.620. The number of rotatable bonds is 3. The smallest absolute Gasteiger partial charge is 0.297 e. The van der Waals surface area contributed by atoms with Crippen LogP contribution >= 0.6 is 0 Å². The predicted molar refractivity (Wildman–Crippen MR) is 49.4 cm³/mol. The molecule has 1 rings (SSSR count). The molecule has 1 aromatic heterocycles. The second-order valence-electron chi connectivity index (χ2n) is 4.27. The zero-order chi connectivity index (χ0) is 11.6. The molecule has 0 unspecified atom stereocenters. The Bertz CT molecular complexity index is 354. The molecule has 0 amide bonds. The topological polar surface area (TPSA) is 47.8 Å². The van der Waals surface area contributed by atoms with Gasteiger partial charge in [-0.3, -0.25) is 4.79 Å². The van der Waals surface area contributed by atoms with Crippen LogP contribution < -0.4 is 0 Å². The van der Waals surface area contributed by atoms with E-state index < -0.39 is 17.7 Å². The fourth-order valence-corrected chi connectivity index (χ4v) is 0.870. The Morgan fingerprint density at radius 3 is 2.53 bits per heavy atom. The molecule has 0 fully saturated rings. The first-order chi connectivity index (χ1) is 6.80. The summed E-state index contributed by atoms with van der Waals surface area (Å²) in [7, 11) is 0. The third kappa shape index (κ3) is 3.07. The first-order valence-electron chi connectivity index (χ1n) is 4.51. The van der Waals surface area contributed by atoms with Gasteiger partial charge in [0.15, 0.2) is 5.78 Å². The molecule has 0 bridgehead atoms. The molecule has 0 atom stereocenters. The molecule has 0 saturated heterocycles. The Labute approximate surface area is 86.3 Å². The van der Waals surface area contributed by atoms with Crippen molar-refractivity contribution in [1.82, 2.24) is 14.8 Å². The average molecular weight is 217 g/mol. The van der Waals surface area contributed by atoms with Crippen LogP contribution in [-0.2, 0) is 11.3 Å². The number of carbonyl (C=O) groups is 1. The number of halogens is 2. The summed E-state index contributed by atoms with van der Waals surface area (Å²) in [6.07, 6.45) is -1.55. The van der Waals surface area contributed by atoms with Crippen molar-refractivity contribution in [3.8, 4) is 0 Å². The largest absolute Gasteiger partial charge is 0.299 e. The van der Waals surface area contributed by atoms with E-state index in [1.54, 1.807) is 20.8 Å². The van der Waals surface area contributed by atoms with E-state index >= 15 is 0 Å². The second-order valence-corrected chi connectivity index (χ2v) is 4.27. The van der Waals surface area contributed by atoms with Crippen molar-refractivity contribution in [3.05, 3.63) is 12.2 Å². The molecule has 0 spiro atoms. The van der Waals surface area contributed by atoms with Crippen molar-refractivity contribution in [2.75, 3.05) is 0 Å². The Morgan fingerprint density at radius 1 is 1.53 bits per heavy atom. The second kappa shape index (κ2) is 4.04. The first-order valence-corrected chi connectivity index (χ1v) is 4.51. The third-order valence-corrected chi connectivity index (χ3v) is 1.89. The van der Waals surface area contributed by atoms with Crippen molar-refractivity contribution in [2.24, 2.45) is 5.41 Å². The summed E-state index contributed by atoms with van der Waals surface area (Å²) in [5.41, 5.74) is -0.503. The third-order valence-electron chi connectivity index (χ3n) is 1.89. The van der Waals surface area contributed by atoms with E-state index in [0.29, 0.717) is 0 Å². The van der Waals surface area contributed by atoms with E-state index in [9.17, 15) is 13.6 Å². The predicted octanol–water partition coefficient (Wildman–Crippen LogP) is 1.83. The summed E-state index contributed by atoms with van der Waals surface area (Å²) < 4.78 is 25.4. The van der Waals surface area contributed by atoms with Crippen LogP contribution in [-0.4, -0.2) is 20.5 Å². The first kappa shape index (κ1) is 11.7. The Balaban J connectivity index is 2.70. The van der Waals surface area contributed by atoms with Gasteiger partial charge in [-0.1, -0.05) is 20.8 Å². The van der Waals surface area contributed by atoms with Crippen LogP contribution in [0.2, 0.25) is 0 Å². The van der Waals surface area contributed by atoms with Gasteiger partial charge in [0, 0.05) is 5.41 Å². The molecule has 0 aromatic carbocycles. The van der Waals surface area contributed by atoms with Gasteiger partial charge in [0.1, 0.15) is 12.9 Å². The molecule has 84 valence electrons. The highest BCUT2D eigenvalue weighted by Crippen LogP contribution is 2.16. The molecular formula is C9H13F2N3O. The molecular weight excluding hydrogens is 204 g/mol. The number of carbonyl (C=O) groups excluding carboxylic acids is 1. The number of hydrogen-bond acceptors (Lipinski definition) is 3. The number of Topliss-reactive ketones (excluding diaryl/α,β-unsaturated/α-hetero) is 1. The van der Waals surface area contributed by atoms with Crippen molar-refractivity contribution >= 4 is 5.78 Å². The van der Waals surface area contributed by atoms with Gasteiger partial charge in [0.05, 0.1) is 0 Å². The molecule has 0 radical (unpaired) electrons. The van der Waals surface area contributed by atoms with Gasteiger partial charge in [-0.2, -0.15) is 0 Å². The van der Waals surface area contributed by atoms with E-state index in [-0.39, 0.29) is 12.3 Å². The van der Waals surface area contributed by atoms with E-state index in [0.717, 1.165) is 11.0 Å². The molecule has 0 aliphatic rings. The molecule has 15 heavy (non-hydrogen) atoms. The van der Waals surface area contributed by atoms with Crippen LogP contribution in [0.25, 0.3) is 0 Å². The normalized spacial score (nSPS) is 12.1. The maximum Gasteiger partial charge on any atom is 0.299 e. The van der Waals surface area contributed by atoms with Crippen LogP contribution in [0.1, 0.15) is 33.0 Å². The number of hydrogen-bond donors (Lipinski definition) is 0. The minimum absolute atomic E-state index is 0.0246. The summed E-state index contributed by atoms with van der Waals surface area (Å²) in [6, 6.07) is 0. The van der Waals surface area contributed by atoms with Gasteiger partial charge < -0.3 is 0 Å². The SMILES string of the molecule is CC(C)(C)C(=O)Cn1cnc(C(F)F)n1. The van der Waals surface area contributed by atoms with Gasteiger partial charge >= 0.3 is 0 Å². The lowest BCUT2D eigenvalue weighted by atomic mass is 9.91. The lowest BCUT2D eigenvalue weighted by molar-refractivity contribution is -0.127. The van der Waals surface area contributed by atoms with Gasteiger partial charge in [0.25, 0.3) is 6.43 Å². The van der Waals surface area contributed by atoms with Crippen LogP contribution in [0, 0.1) is 5.41 Å². The van der Waals surface area contributed by atoms with Gasteiger partial charge in [-0.05, 0) is 0 Å². The number of ketones is 1. The summed E-state index contributed by atoms with van der Waals surface area (Å²) in [5, 5.41) is 3.50. The van der Waals surface area contributed by atoms with E-state index in [1.807, 2.05) is 0 Å². The monoisotopic (exact) mass is 217 g/mol. The molecule has 0 N–H and O–H groups in total. The number of alkyl halides is 2. The van der Waals surface area contributed by atoms with Crippen molar-refractivity contribution < 1.29 is 13.6 Å². The van der Waals surface area contributed by atoms with Crippen LogP contribution in [0.15, 0.2) is 6.33 Å². The van der Waals surface area contributed by atoms with Crippen LogP contribution in [0.3, 0.4) is 0 Å². The van der Waals surface area contributed by atoms with Gasteiger partial charge in [-0.25, -0.2) is 18.4 Å². The average Bonchev–Trinajstić information content (AvgIpc) is 2.50. The van der Waals surface area contributed by atoms with Crippen LogP contribution in [0.4, 0.5) is 8.78 Å². The Hall–Kier alpha value is -1.33. The minimum atomic E-state index is -2.70. The van der Waals surface area contributed by atoms with Gasteiger partial charge in [0.2, 0.25) is 5.82 Å². The minimum Gasteiger partial charge on any atom is -0.297 e. The quantitative estimate of drug-likeness (QED) is 0.776. The van der Waals surface area contributed by atoms with Gasteiger partial charge in [-0.15, -0.1) is 5.10 Å². The Morgan fingerprint density at radius 2 is 2.13 bits per heavy atom. The van der Waals surface area contributed by atoms with E-state index in [1.165, 1.54) is 0 Å². The van der Waals surface area contributed by atoms with Crippen molar-refractivity contribution in [2.45, 2.75) is 33.7 Å². The molecule has 0 aliphatic heterocycles. The van der Waals surface area contributed by atoms with E-state index in [4.69, 9.17) is 0 Å².